The number of amides is 1. The summed E-state index contributed by atoms with van der Waals surface area (Å²) in [5, 5.41) is 5.79. The van der Waals surface area contributed by atoms with E-state index in [9.17, 15) is 22.0 Å². The average molecular weight is 475 g/mol. The van der Waals surface area contributed by atoms with E-state index in [0.29, 0.717) is 5.69 Å². The van der Waals surface area contributed by atoms with Crippen molar-refractivity contribution in [1.29, 1.82) is 0 Å². The average Bonchev–Trinajstić information content (AvgIpc) is 3.30. The number of hydrogen-bond acceptors (Lipinski definition) is 5. The van der Waals surface area contributed by atoms with Crippen molar-refractivity contribution in [2.45, 2.75) is 10.8 Å². The fraction of sp³-hybridized carbons (Fsp3) is 0.0455. The van der Waals surface area contributed by atoms with E-state index < -0.39 is 22.5 Å². The maximum Gasteiger partial charge on any atom is 0.387 e. The van der Waals surface area contributed by atoms with Crippen LogP contribution in [0, 0.1) is 0 Å². The molecule has 0 fully saturated rings. The maximum atomic E-state index is 13.0. The molecule has 0 saturated heterocycles. The smallest absolute Gasteiger partial charge is 0.387 e. The number of benzene rings is 3. The SMILES string of the molecule is O=C(Nc1ccc(OC(F)F)cc1)c1cc2ccccc2cc1NS(=O)(=O)c1cccs1. The van der Waals surface area contributed by atoms with Gasteiger partial charge < -0.3 is 10.1 Å². The summed E-state index contributed by atoms with van der Waals surface area (Å²) in [5.74, 6) is -0.615. The zero-order valence-electron chi connectivity index (χ0n) is 16.3. The minimum absolute atomic E-state index is 0.0481. The number of nitrogens with one attached hydrogen (secondary N) is 2. The summed E-state index contributed by atoms with van der Waals surface area (Å²) < 4.78 is 57.0. The molecule has 0 radical (unpaired) electrons. The van der Waals surface area contributed by atoms with Crippen LogP contribution in [0.4, 0.5) is 20.2 Å². The van der Waals surface area contributed by atoms with Gasteiger partial charge >= 0.3 is 6.61 Å². The number of rotatable bonds is 7. The van der Waals surface area contributed by atoms with Crippen LogP contribution < -0.4 is 14.8 Å². The van der Waals surface area contributed by atoms with Crippen molar-refractivity contribution in [3.05, 3.63) is 83.7 Å². The third kappa shape index (κ3) is 4.87. The lowest BCUT2D eigenvalue weighted by atomic mass is 10.0. The van der Waals surface area contributed by atoms with Gasteiger partial charge in [0.2, 0.25) is 0 Å². The van der Waals surface area contributed by atoms with Gasteiger partial charge in [0.1, 0.15) is 9.96 Å². The van der Waals surface area contributed by atoms with Gasteiger partial charge in [0.05, 0.1) is 11.3 Å². The lowest BCUT2D eigenvalue weighted by molar-refractivity contribution is -0.0498. The number of ether oxygens (including phenoxy) is 1. The first-order valence-corrected chi connectivity index (χ1v) is 11.6. The first-order chi connectivity index (χ1) is 15.3. The number of anilines is 2. The summed E-state index contributed by atoms with van der Waals surface area (Å²) in [4.78, 5) is 13.0. The molecule has 164 valence electrons. The Morgan fingerprint density at radius 2 is 1.62 bits per heavy atom. The van der Waals surface area contributed by atoms with Crippen molar-refractivity contribution in [1.82, 2.24) is 0 Å². The number of sulfonamides is 1. The molecule has 0 aliphatic heterocycles. The predicted molar refractivity (Wildman–Crippen MR) is 120 cm³/mol. The number of halogens is 2. The maximum absolute atomic E-state index is 13.0. The molecule has 0 aliphatic carbocycles. The molecular formula is C22H16F2N2O4S2. The summed E-state index contributed by atoms with van der Waals surface area (Å²) in [6, 6.07) is 18.9. The molecule has 32 heavy (non-hydrogen) atoms. The molecule has 0 unspecified atom stereocenters. The molecule has 0 spiro atoms. The summed E-state index contributed by atoms with van der Waals surface area (Å²) in [5.41, 5.74) is 0.556. The van der Waals surface area contributed by atoms with Crippen LogP contribution in [-0.2, 0) is 10.0 Å². The van der Waals surface area contributed by atoms with E-state index >= 15 is 0 Å². The van der Waals surface area contributed by atoms with Crippen LogP contribution in [0.5, 0.6) is 5.75 Å². The van der Waals surface area contributed by atoms with E-state index in [0.717, 1.165) is 22.1 Å². The standard InChI is InChI=1S/C22H16F2N2O4S2/c23-22(24)30-17-9-7-16(8-10-17)25-21(27)18-12-14-4-1-2-5-15(14)13-19(18)26-32(28,29)20-6-3-11-31-20/h1-13,22,26H,(H,25,27). The molecule has 1 heterocycles. The lowest BCUT2D eigenvalue weighted by Crippen LogP contribution is -2.18. The molecule has 0 bridgehead atoms. The zero-order valence-corrected chi connectivity index (χ0v) is 17.9. The Morgan fingerprint density at radius 1 is 0.938 bits per heavy atom. The fourth-order valence-electron chi connectivity index (χ4n) is 3.04. The van der Waals surface area contributed by atoms with Crippen molar-refractivity contribution in [3.63, 3.8) is 0 Å². The van der Waals surface area contributed by atoms with Crippen molar-refractivity contribution >= 4 is 49.4 Å². The Kier molecular flexibility index (Phi) is 6.06. The largest absolute Gasteiger partial charge is 0.435 e. The Labute approximate surface area is 186 Å². The molecule has 4 rings (SSSR count). The summed E-state index contributed by atoms with van der Waals surface area (Å²) in [6.07, 6.45) is 0. The summed E-state index contributed by atoms with van der Waals surface area (Å²) >= 11 is 1.06. The topological polar surface area (TPSA) is 84.5 Å². The van der Waals surface area contributed by atoms with Crippen molar-refractivity contribution in [3.8, 4) is 5.75 Å². The van der Waals surface area contributed by atoms with Crippen molar-refractivity contribution < 1.29 is 26.7 Å². The molecule has 0 atom stereocenters. The van der Waals surface area contributed by atoms with Gasteiger partial charge in [0, 0.05) is 5.69 Å². The highest BCUT2D eigenvalue weighted by Gasteiger charge is 2.20. The second-order valence-corrected chi connectivity index (χ2v) is 9.50. The second-order valence-electron chi connectivity index (χ2n) is 6.64. The van der Waals surface area contributed by atoms with Gasteiger partial charge in [-0.1, -0.05) is 30.3 Å². The molecule has 1 aromatic heterocycles. The second kappa shape index (κ2) is 8.93. The Balaban J connectivity index is 1.67. The highest BCUT2D eigenvalue weighted by Crippen LogP contribution is 2.29. The molecule has 1 amide bonds. The molecular weight excluding hydrogens is 458 g/mol. The minimum atomic E-state index is -3.88. The van der Waals surface area contributed by atoms with Gasteiger partial charge in [-0.25, -0.2) is 8.42 Å². The van der Waals surface area contributed by atoms with E-state index in [-0.39, 0.29) is 21.2 Å². The van der Waals surface area contributed by atoms with E-state index in [4.69, 9.17) is 0 Å². The molecule has 10 heteroatoms. The number of alkyl halides is 2. The highest BCUT2D eigenvalue weighted by atomic mass is 32.2. The summed E-state index contributed by atoms with van der Waals surface area (Å²) in [7, 11) is -3.88. The first-order valence-electron chi connectivity index (χ1n) is 9.27. The van der Waals surface area contributed by atoms with Crippen LogP contribution in [0.1, 0.15) is 10.4 Å². The normalized spacial score (nSPS) is 11.5. The number of carbonyl (C=O) groups excluding carboxylic acids is 1. The minimum Gasteiger partial charge on any atom is -0.435 e. The number of thiophene rings is 1. The molecule has 2 N–H and O–H groups in total. The van der Waals surface area contributed by atoms with Gasteiger partial charge in [-0.15, -0.1) is 11.3 Å². The third-order valence-electron chi connectivity index (χ3n) is 4.47. The van der Waals surface area contributed by atoms with Gasteiger partial charge in [-0.05, 0) is 58.6 Å². The summed E-state index contributed by atoms with van der Waals surface area (Å²) in [6.45, 7) is -2.95. The quantitative estimate of drug-likeness (QED) is 0.368. The van der Waals surface area contributed by atoms with Crippen LogP contribution >= 0.6 is 11.3 Å². The fourth-order valence-corrected chi connectivity index (χ4v) is 5.11. The van der Waals surface area contributed by atoms with Gasteiger partial charge in [-0.3, -0.25) is 9.52 Å². The molecule has 6 nitrogen and oxygen atoms in total. The Bertz CT molecular complexity index is 1360. The van der Waals surface area contributed by atoms with Gasteiger partial charge in [0.15, 0.2) is 0 Å². The number of carbonyl (C=O) groups is 1. The monoisotopic (exact) mass is 474 g/mol. The predicted octanol–water partition coefficient (Wildman–Crippen LogP) is 5.56. The highest BCUT2D eigenvalue weighted by molar-refractivity contribution is 7.94. The van der Waals surface area contributed by atoms with Crippen LogP contribution in [0.3, 0.4) is 0 Å². The van der Waals surface area contributed by atoms with Crippen LogP contribution in [0.2, 0.25) is 0 Å². The molecule has 0 aliphatic rings. The molecule has 3 aromatic carbocycles. The van der Waals surface area contributed by atoms with Gasteiger partial charge in [-0.2, -0.15) is 8.78 Å². The van der Waals surface area contributed by atoms with Crippen molar-refractivity contribution in [2.75, 3.05) is 10.0 Å². The Hall–Kier alpha value is -3.50. The molecule has 4 aromatic rings. The number of fused-ring (bicyclic) bond motifs is 1. The van der Waals surface area contributed by atoms with E-state index in [1.54, 1.807) is 35.7 Å². The van der Waals surface area contributed by atoms with Crippen LogP contribution in [-0.4, -0.2) is 20.9 Å². The third-order valence-corrected chi connectivity index (χ3v) is 7.24. The number of hydrogen-bond donors (Lipinski definition) is 2. The van der Waals surface area contributed by atoms with E-state index in [2.05, 4.69) is 14.8 Å². The van der Waals surface area contributed by atoms with E-state index in [1.165, 1.54) is 30.3 Å². The van der Waals surface area contributed by atoms with Crippen LogP contribution in [0.25, 0.3) is 10.8 Å². The van der Waals surface area contributed by atoms with E-state index in [1.807, 2.05) is 12.1 Å². The molecule has 0 saturated carbocycles. The first kappa shape index (κ1) is 21.7. The lowest BCUT2D eigenvalue weighted by Gasteiger charge is -2.14. The Morgan fingerprint density at radius 3 is 2.25 bits per heavy atom. The van der Waals surface area contributed by atoms with Crippen LogP contribution in [0.15, 0.2) is 82.4 Å². The van der Waals surface area contributed by atoms with Crippen molar-refractivity contribution in [2.24, 2.45) is 0 Å². The zero-order chi connectivity index (χ0) is 22.7. The van der Waals surface area contributed by atoms with Gasteiger partial charge in [0.25, 0.3) is 15.9 Å².